The first-order valence-corrected chi connectivity index (χ1v) is 11.2. The van der Waals surface area contributed by atoms with Crippen LogP contribution in [0.15, 0.2) is 17.6 Å². The molecule has 4 rings (SSSR count). The maximum absolute atomic E-state index is 12.1. The molecule has 2 aliphatic rings. The topological polar surface area (TPSA) is 164 Å². The van der Waals surface area contributed by atoms with Crippen LogP contribution < -0.4 is 10.3 Å². The standard InChI is InChI=1S/C22H26N6O8/c1-6-15(32)25-19-13-7-28(21-16(13)20(23-9-24-21)27(5)26-19)22-18(35-12(4)31)17(34-11(3)30)14(36-22)8-33-10(2)29/h7,9,14,17-18,22H,6,8H2,1-5H3,(H,25,26,32)/t14-,17-,18-,22-/m1/s1. The van der Waals surface area contributed by atoms with Gasteiger partial charge in [-0.05, 0) is 0 Å². The number of hydrazone groups is 1. The van der Waals surface area contributed by atoms with Crippen molar-refractivity contribution in [2.75, 3.05) is 18.7 Å². The van der Waals surface area contributed by atoms with Crippen molar-refractivity contribution in [1.82, 2.24) is 19.9 Å². The Morgan fingerprint density at radius 3 is 2.39 bits per heavy atom. The van der Waals surface area contributed by atoms with Crippen molar-refractivity contribution in [2.45, 2.75) is 58.7 Å². The Balaban J connectivity index is 1.83. The molecule has 0 aliphatic carbocycles. The van der Waals surface area contributed by atoms with E-state index < -0.39 is 42.4 Å². The number of esters is 3. The summed E-state index contributed by atoms with van der Waals surface area (Å²) in [6.45, 7) is 5.14. The van der Waals surface area contributed by atoms with Gasteiger partial charge in [0.1, 0.15) is 24.7 Å². The summed E-state index contributed by atoms with van der Waals surface area (Å²) in [5.74, 6) is -1.29. The van der Waals surface area contributed by atoms with Gasteiger partial charge in [-0.3, -0.25) is 19.2 Å². The summed E-state index contributed by atoms with van der Waals surface area (Å²) in [5.41, 5.74) is 0.926. The van der Waals surface area contributed by atoms with Crippen molar-refractivity contribution in [2.24, 2.45) is 5.10 Å². The van der Waals surface area contributed by atoms with Crippen LogP contribution in [0, 0.1) is 0 Å². The number of rotatable bonds is 6. The van der Waals surface area contributed by atoms with Gasteiger partial charge in [-0.25, -0.2) is 15.0 Å². The lowest BCUT2D eigenvalue weighted by atomic mass is 10.1. The molecule has 0 aromatic carbocycles. The molecule has 4 atom stereocenters. The third-order valence-electron chi connectivity index (χ3n) is 5.59. The molecule has 2 aromatic heterocycles. The van der Waals surface area contributed by atoms with Gasteiger partial charge in [0.2, 0.25) is 5.91 Å². The summed E-state index contributed by atoms with van der Waals surface area (Å²) in [4.78, 5) is 56.2. The average Bonchev–Trinajstić information content (AvgIpc) is 3.34. The molecule has 192 valence electrons. The maximum atomic E-state index is 12.1. The highest BCUT2D eigenvalue weighted by Crippen LogP contribution is 2.39. The lowest BCUT2D eigenvalue weighted by Crippen LogP contribution is -2.40. The molecule has 36 heavy (non-hydrogen) atoms. The number of amidine groups is 1. The van der Waals surface area contributed by atoms with Gasteiger partial charge in [0.25, 0.3) is 0 Å². The molecule has 2 aromatic rings. The second-order valence-electron chi connectivity index (χ2n) is 8.24. The average molecular weight is 502 g/mol. The number of nitrogens with one attached hydrogen (secondary N) is 1. The van der Waals surface area contributed by atoms with Crippen LogP contribution >= 0.6 is 0 Å². The number of hydrogen-bond acceptors (Lipinski definition) is 12. The van der Waals surface area contributed by atoms with E-state index in [1.807, 2.05) is 0 Å². The fourth-order valence-corrected chi connectivity index (χ4v) is 4.17. The molecule has 1 amide bonds. The van der Waals surface area contributed by atoms with Crippen molar-refractivity contribution in [3.8, 4) is 0 Å². The van der Waals surface area contributed by atoms with E-state index in [0.717, 1.165) is 0 Å². The Bertz CT molecular complexity index is 1260. The highest BCUT2D eigenvalue weighted by atomic mass is 16.7. The molecule has 0 bridgehead atoms. The summed E-state index contributed by atoms with van der Waals surface area (Å²) in [6, 6.07) is 0. The predicted octanol–water partition coefficient (Wildman–Crippen LogP) is 0.393. The number of aromatic nitrogens is 3. The molecule has 0 radical (unpaired) electrons. The minimum absolute atomic E-state index is 0.240. The number of ether oxygens (including phenoxy) is 4. The van der Waals surface area contributed by atoms with Gasteiger partial charge < -0.3 is 28.8 Å². The molecule has 0 spiro atoms. The first-order chi connectivity index (χ1) is 17.1. The van der Waals surface area contributed by atoms with Crippen LogP contribution in [0.2, 0.25) is 0 Å². The van der Waals surface area contributed by atoms with Gasteiger partial charge in [-0.1, -0.05) is 6.92 Å². The van der Waals surface area contributed by atoms with Gasteiger partial charge in [-0.15, -0.1) is 0 Å². The molecular weight excluding hydrogens is 476 g/mol. The summed E-state index contributed by atoms with van der Waals surface area (Å²) in [7, 11) is 1.68. The quantitative estimate of drug-likeness (QED) is 0.429. The summed E-state index contributed by atoms with van der Waals surface area (Å²) in [6.07, 6.45) is -0.900. The van der Waals surface area contributed by atoms with E-state index in [1.165, 1.54) is 32.1 Å². The van der Waals surface area contributed by atoms with Crippen molar-refractivity contribution < 1.29 is 38.1 Å². The Hall–Kier alpha value is -4.07. The van der Waals surface area contributed by atoms with Crippen LogP contribution in [0.25, 0.3) is 11.0 Å². The normalized spacial score (nSPS) is 22.7. The highest BCUT2D eigenvalue weighted by molar-refractivity contribution is 6.18. The third kappa shape index (κ3) is 4.71. The van der Waals surface area contributed by atoms with Crippen molar-refractivity contribution >= 4 is 46.5 Å². The van der Waals surface area contributed by atoms with Gasteiger partial charge in [0.05, 0.1) is 10.9 Å². The van der Waals surface area contributed by atoms with E-state index in [9.17, 15) is 19.2 Å². The fourth-order valence-electron chi connectivity index (χ4n) is 4.17. The lowest BCUT2D eigenvalue weighted by molar-refractivity contribution is -0.166. The molecule has 14 heteroatoms. The van der Waals surface area contributed by atoms with Gasteiger partial charge >= 0.3 is 17.9 Å². The van der Waals surface area contributed by atoms with Crippen LogP contribution in [0.1, 0.15) is 45.9 Å². The van der Waals surface area contributed by atoms with Gasteiger partial charge in [0.15, 0.2) is 30.1 Å². The number of anilines is 1. The first kappa shape index (κ1) is 25.0. The highest BCUT2D eigenvalue weighted by Gasteiger charge is 2.51. The molecule has 1 saturated heterocycles. The zero-order valence-corrected chi connectivity index (χ0v) is 20.4. The second kappa shape index (κ2) is 9.89. The largest absolute Gasteiger partial charge is 0.463 e. The molecule has 1 fully saturated rings. The van der Waals surface area contributed by atoms with E-state index in [4.69, 9.17) is 18.9 Å². The lowest BCUT2D eigenvalue weighted by Gasteiger charge is -2.24. The molecule has 0 unspecified atom stereocenters. The van der Waals surface area contributed by atoms with E-state index in [1.54, 1.807) is 24.7 Å². The summed E-state index contributed by atoms with van der Waals surface area (Å²) in [5, 5.41) is 9.29. The Morgan fingerprint density at radius 1 is 1.06 bits per heavy atom. The van der Waals surface area contributed by atoms with Crippen LogP contribution in [0.4, 0.5) is 5.82 Å². The number of carbonyl (C=O) groups excluding carboxylic acids is 4. The Kier molecular flexibility index (Phi) is 6.88. The Labute approximate surface area is 205 Å². The van der Waals surface area contributed by atoms with Crippen molar-refractivity contribution in [1.29, 1.82) is 0 Å². The van der Waals surface area contributed by atoms with Crippen molar-refractivity contribution in [3.63, 3.8) is 0 Å². The number of nitrogens with zero attached hydrogens (tertiary/aromatic N) is 5. The van der Waals surface area contributed by atoms with Crippen LogP contribution in [0.3, 0.4) is 0 Å². The molecule has 0 saturated carbocycles. The predicted molar refractivity (Wildman–Crippen MR) is 123 cm³/mol. The molecule has 1 N–H and O–H groups in total. The van der Waals surface area contributed by atoms with E-state index >= 15 is 0 Å². The van der Waals surface area contributed by atoms with E-state index in [-0.39, 0.29) is 24.8 Å². The minimum Gasteiger partial charge on any atom is -0.463 e. The van der Waals surface area contributed by atoms with Gasteiger partial charge in [-0.2, -0.15) is 5.10 Å². The monoisotopic (exact) mass is 502 g/mol. The zero-order chi connectivity index (χ0) is 26.1. The summed E-state index contributed by atoms with van der Waals surface area (Å²) >= 11 is 0. The SMILES string of the molecule is CCC(=O)NC1=NN(C)c2ncnc3c2c1cn3[C@@H]1O[C@H](COC(C)=O)[C@@H](OC(C)=O)[C@H]1OC(C)=O. The smallest absolute Gasteiger partial charge is 0.303 e. The van der Waals surface area contributed by atoms with Crippen LogP contribution in [-0.2, 0) is 38.1 Å². The molecule has 4 heterocycles. The number of hydrogen-bond donors (Lipinski definition) is 1. The molecule has 2 aliphatic heterocycles. The Morgan fingerprint density at radius 2 is 1.75 bits per heavy atom. The number of carbonyl (C=O) groups is 4. The van der Waals surface area contributed by atoms with Crippen LogP contribution in [-0.4, -0.2) is 76.2 Å². The first-order valence-electron chi connectivity index (χ1n) is 11.2. The van der Waals surface area contributed by atoms with Gasteiger partial charge in [0, 0.05) is 40.4 Å². The maximum Gasteiger partial charge on any atom is 0.303 e. The van der Waals surface area contributed by atoms with Crippen LogP contribution in [0.5, 0.6) is 0 Å². The third-order valence-corrected chi connectivity index (χ3v) is 5.59. The molecule has 14 nitrogen and oxygen atoms in total. The van der Waals surface area contributed by atoms with Crippen molar-refractivity contribution in [3.05, 3.63) is 18.1 Å². The van der Waals surface area contributed by atoms with E-state index in [2.05, 4.69) is 20.4 Å². The fraction of sp³-hybridized carbons (Fsp3) is 0.500. The molecular formula is C22H26N6O8. The number of amides is 1. The zero-order valence-electron chi connectivity index (χ0n) is 20.4. The second-order valence-corrected chi connectivity index (χ2v) is 8.24. The minimum atomic E-state index is -1.10. The summed E-state index contributed by atoms with van der Waals surface area (Å²) < 4.78 is 23.8. The van der Waals surface area contributed by atoms with E-state index in [0.29, 0.717) is 22.4 Å².